The highest BCUT2D eigenvalue weighted by Crippen LogP contribution is 2.32. The van der Waals surface area contributed by atoms with Crippen LogP contribution in [0.2, 0.25) is 0 Å². The number of hydrogen-bond acceptors (Lipinski definition) is 6. The zero-order valence-corrected chi connectivity index (χ0v) is 14.6. The van der Waals surface area contributed by atoms with Crippen LogP contribution in [0.3, 0.4) is 0 Å². The Bertz CT molecular complexity index is 722. The summed E-state index contributed by atoms with van der Waals surface area (Å²) in [5.41, 5.74) is 0.547. The molecule has 0 spiro atoms. The molecular weight excluding hydrogens is 308 g/mol. The summed E-state index contributed by atoms with van der Waals surface area (Å²) in [6.45, 7) is 9.76. The lowest BCUT2D eigenvalue weighted by Gasteiger charge is -2.26. The zero-order valence-electron chi connectivity index (χ0n) is 14.6. The third-order valence-corrected chi connectivity index (χ3v) is 4.29. The fourth-order valence-corrected chi connectivity index (χ4v) is 3.18. The number of nitrogens with zero attached hydrogens (tertiary/aromatic N) is 5. The van der Waals surface area contributed by atoms with Crippen LogP contribution in [0.15, 0.2) is 16.9 Å². The maximum Gasteiger partial charge on any atom is 0.253 e. The standard InChI is InChI=1S/C16H24N6O2/c1-11(2)22-9-14(7-17-22)8-21-6-5-16(10-21,19-13(4)23)15-18-12(3)20-24-15/h7,9,11H,5-6,8,10H2,1-4H3,(H,19,23). The van der Waals surface area contributed by atoms with Gasteiger partial charge >= 0.3 is 0 Å². The molecule has 1 fully saturated rings. The van der Waals surface area contributed by atoms with Gasteiger partial charge in [0, 0.05) is 44.4 Å². The lowest BCUT2D eigenvalue weighted by molar-refractivity contribution is -0.121. The number of nitrogens with one attached hydrogen (secondary N) is 1. The molecule has 0 bridgehead atoms. The molecule has 1 saturated heterocycles. The molecule has 1 aliphatic heterocycles. The van der Waals surface area contributed by atoms with Crippen LogP contribution in [0.4, 0.5) is 0 Å². The van der Waals surface area contributed by atoms with Crippen molar-refractivity contribution in [3.05, 3.63) is 29.7 Å². The highest BCUT2D eigenvalue weighted by molar-refractivity contribution is 5.74. The van der Waals surface area contributed by atoms with Crippen LogP contribution in [0.5, 0.6) is 0 Å². The van der Waals surface area contributed by atoms with Crippen LogP contribution < -0.4 is 5.32 Å². The molecule has 1 N–H and O–H groups in total. The molecule has 3 heterocycles. The van der Waals surface area contributed by atoms with Gasteiger partial charge in [-0.2, -0.15) is 10.1 Å². The van der Waals surface area contributed by atoms with Gasteiger partial charge in [-0.1, -0.05) is 5.16 Å². The Hall–Kier alpha value is -2.22. The average molecular weight is 332 g/mol. The highest BCUT2D eigenvalue weighted by atomic mass is 16.5. The molecule has 1 aliphatic rings. The molecule has 1 amide bonds. The predicted molar refractivity (Wildman–Crippen MR) is 87.0 cm³/mol. The molecule has 1 atom stereocenters. The van der Waals surface area contributed by atoms with E-state index >= 15 is 0 Å². The molecule has 1 unspecified atom stereocenters. The van der Waals surface area contributed by atoms with Crippen LogP contribution in [-0.4, -0.2) is 43.8 Å². The molecule has 24 heavy (non-hydrogen) atoms. The van der Waals surface area contributed by atoms with E-state index in [-0.39, 0.29) is 5.91 Å². The number of rotatable bonds is 5. The van der Waals surface area contributed by atoms with Crippen LogP contribution >= 0.6 is 0 Å². The number of aromatic nitrogens is 4. The Morgan fingerprint density at radius 1 is 1.50 bits per heavy atom. The molecule has 3 rings (SSSR count). The summed E-state index contributed by atoms with van der Waals surface area (Å²) in [4.78, 5) is 18.3. The van der Waals surface area contributed by atoms with E-state index < -0.39 is 5.54 Å². The van der Waals surface area contributed by atoms with Gasteiger partial charge in [0.1, 0.15) is 5.54 Å². The van der Waals surface area contributed by atoms with Gasteiger partial charge in [-0.05, 0) is 27.2 Å². The fraction of sp³-hybridized carbons (Fsp3) is 0.625. The van der Waals surface area contributed by atoms with E-state index in [1.54, 1.807) is 6.92 Å². The van der Waals surface area contributed by atoms with Gasteiger partial charge in [-0.15, -0.1) is 0 Å². The molecule has 0 aromatic carbocycles. The summed E-state index contributed by atoms with van der Waals surface area (Å²) in [5, 5.41) is 11.3. The highest BCUT2D eigenvalue weighted by Gasteiger charge is 2.45. The molecule has 2 aromatic heterocycles. The Balaban J connectivity index is 1.75. The van der Waals surface area contributed by atoms with Crippen molar-refractivity contribution in [1.29, 1.82) is 0 Å². The van der Waals surface area contributed by atoms with Crippen molar-refractivity contribution in [2.45, 2.75) is 52.2 Å². The van der Waals surface area contributed by atoms with E-state index in [9.17, 15) is 4.79 Å². The van der Waals surface area contributed by atoms with Crippen molar-refractivity contribution in [2.24, 2.45) is 0 Å². The van der Waals surface area contributed by atoms with Crippen LogP contribution in [0, 0.1) is 6.92 Å². The minimum atomic E-state index is -0.610. The Labute approximate surface area is 141 Å². The molecular formula is C16H24N6O2. The fourth-order valence-electron chi connectivity index (χ4n) is 3.18. The summed E-state index contributed by atoms with van der Waals surface area (Å²) in [6, 6.07) is 0.345. The van der Waals surface area contributed by atoms with E-state index in [0.29, 0.717) is 24.3 Å². The monoisotopic (exact) mass is 332 g/mol. The summed E-state index contributed by atoms with van der Waals surface area (Å²) >= 11 is 0. The van der Waals surface area contributed by atoms with Crippen LogP contribution in [0.25, 0.3) is 0 Å². The van der Waals surface area contributed by atoms with Gasteiger partial charge in [-0.25, -0.2) is 0 Å². The molecule has 0 radical (unpaired) electrons. The number of hydrogen-bond donors (Lipinski definition) is 1. The maximum atomic E-state index is 11.7. The number of carbonyl (C=O) groups excluding carboxylic acids is 1. The van der Waals surface area contributed by atoms with Crippen molar-refractivity contribution in [3.63, 3.8) is 0 Å². The van der Waals surface area contributed by atoms with Gasteiger partial charge in [-0.3, -0.25) is 14.4 Å². The van der Waals surface area contributed by atoms with E-state index in [4.69, 9.17) is 4.52 Å². The van der Waals surface area contributed by atoms with Crippen molar-refractivity contribution in [3.8, 4) is 0 Å². The second kappa shape index (κ2) is 6.35. The topological polar surface area (TPSA) is 89.1 Å². The maximum absolute atomic E-state index is 11.7. The molecule has 0 aliphatic carbocycles. The summed E-state index contributed by atoms with van der Waals surface area (Å²) in [5.74, 6) is 0.960. The van der Waals surface area contributed by atoms with E-state index in [2.05, 4.69) is 45.5 Å². The first kappa shape index (κ1) is 16.6. The number of aryl methyl sites for hydroxylation is 1. The van der Waals surface area contributed by atoms with Crippen molar-refractivity contribution in [2.75, 3.05) is 13.1 Å². The van der Waals surface area contributed by atoms with Crippen molar-refractivity contribution in [1.82, 2.24) is 30.1 Å². The van der Waals surface area contributed by atoms with Crippen molar-refractivity contribution >= 4 is 5.91 Å². The summed E-state index contributed by atoms with van der Waals surface area (Å²) in [7, 11) is 0. The second-order valence-corrected chi connectivity index (χ2v) is 6.79. The minimum absolute atomic E-state index is 0.0969. The second-order valence-electron chi connectivity index (χ2n) is 6.79. The average Bonchev–Trinajstić information content (AvgIpc) is 3.20. The van der Waals surface area contributed by atoms with Crippen LogP contribution in [0.1, 0.15) is 50.5 Å². The first-order chi connectivity index (χ1) is 11.4. The number of likely N-dealkylation sites (tertiary alicyclic amines) is 1. The Kier molecular flexibility index (Phi) is 4.40. The quantitative estimate of drug-likeness (QED) is 0.890. The van der Waals surface area contributed by atoms with Crippen LogP contribution in [-0.2, 0) is 16.9 Å². The minimum Gasteiger partial charge on any atom is -0.341 e. The first-order valence-electron chi connectivity index (χ1n) is 8.23. The summed E-state index contributed by atoms with van der Waals surface area (Å²) in [6.07, 6.45) is 4.71. The first-order valence-corrected chi connectivity index (χ1v) is 8.23. The lowest BCUT2D eigenvalue weighted by Crippen LogP contribution is -2.47. The normalized spacial score (nSPS) is 21.5. The third-order valence-electron chi connectivity index (χ3n) is 4.29. The lowest BCUT2D eigenvalue weighted by atomic mass is 9.98. The zero-order chi connectivity index (χ0) is 17.3. The smallest absolute Gasteiger partial charge is 0.253 e. The van der Waals surface area contributed by atoms with Gasteiger partial charge in [0.2, 0.25) is 5.91 Å². The van der Waals surface area contributed by atoms with Crippen molar-refractivity contribution < 1.29 is 9.32 Å². The largest absolute Gasteiger partial charge is 0.341 e. The number of carbonyl (C=O) groups is 1. The molecule has 8 nitrogen and oxygen atoms in total. The van der Waals surface area contributed by atoms with Gasteiger partial charge < -0.3 is 9.84 Å². The molecule has 130 valence electrons. The van der Waals surface area contributed by atoms with E-state index in [0.717, 1.165) is 25.1 Å². The molecule has 0 saturated carbocycles. The van der Waals surface area contributed by atoms with Gasteiger partial charge in [0.05, 0.1) is 6.20 Å². The van der Waals surface area contributed by atoms with Gasteiger partial charge in [0.15, 0.2) is 5.82 Å². The van der Waals surface area contributed by atoms with E-state index in [1.807, 2.05) is 10.9 Å². The van der Waals surface area contributed by atoms with Gasteiger partial charge in [0.25, 0.3) is 5.89 Å². The Morgan fingerprint density at radius 3 is 2.88 bits per heavy atom. The molecule has 2 aromatic rings. The summed E-state index contributed by atoms with van der Waals surface area (Å²) < 4.78 is 7.32. The predicted octanol–water partition coefficient (Wildman–Crippen LogP) is 1.39. The van der Waals surface area contributed by atoms with E-state index in [1.165, 1.54) is 6.92 Å². The number of amides is 1. The molecule has 8 heteroatoms. The Morgan fingerprint density at radius 2 is 2.29 bits per heavy atom. The third kappa shape index (κ3) is 3.33. The SMILES string of the molecule is CC(=O)NC1(c2nc(C)no2)CCN(Cc2cnn(C(C)C)c2)C1.